The first-order chi connectivity index (χ1) is 13.0. The molecule has 1 N–H and O–H groups in total. The van der Waals surface area contributed by atoms with Gasteiger partial charge in [0.2, 0.25) is 0 Å². The van der Waals surface area contributed by atoms with Crippen molar-refractivity contribution in [2.24, 2.45) is 0 Å². The maximum atomic E-state index is 12.4. The largest absolute Gasteiger partial charge is 0.483 e. The number of amides is 2. The van der Waals surface area contributed by atoms with Crippen LogP contribution in [0.5, 0.6) is 5.75 Å². The predicted octanol–water partition coefficient (Wildman–Crippen LogP) is 1.89. The van der Waals surface area contributed by atoms with E-state index in [-0.39, 0.29) is 24.5 Å². The lowest BCUT2D eigenvalue weighted by atomic mass is 10.0. The standard InChI is InChI=1S/C20H24N4O3/c1-14-4-3-5-18(15(14)2)27-13-19(25)23-16-6-10-24(11-7-16)20(26)17-12-21-8-9-22-17/h3-5,8-9,12,16H,6-7,10-11,13H2,1-2H3,(H,23,25). The van der Waals surface area contributed by atoms with Crippen LogP contribution in [0.25, 0.3) is 0 Å². The van der Waals surface area contributed by atoms with Crippen LogP contribution in [0, 0.1) is 13.8 Å². The number of likely N-dealkylation sites (tertiary alicyclic amines) is 1. The first-order valence-electron chi connectivity index (χ1n) is 9.08. The van der Waals surface area contributed by atoms with Crippen molar-refractivity contribution in [3.8, 4) is 5.75 Å². The van der Waals surface area contributed by atoms with E-state index in [1.54, 1.807) is 11.1 Å². The van der Waals surface area contributed by atoms with Gasteiger partial charge < -0.3 is 15.0 Å². The van der Waals surface area contributed by atoms with Gasteiger partial charge in [-0.1, -0.05) is 12.1 Å². The van der Waals surface area contributed by atoms with E-state index < -0.39 is 0 Å². The number of aromatic nitrogens is 2. The van der Waals surface area contributed by atoms with Gasteiger partial charge in [0.25, 0.3) is 11.8 Å². The number of carbonyl (C=O) groups excluding carboxylic acids is 2. The number of rotatable bonds is 5. The molecule has 0 radical (unpaired) electrons. The first-order valence-corrected chi connectivity index (χ1v) is 9.08. The number of piperidine rings is 1. The third-order valence-electron chi connectivity index (χ3n) is 4.84. The number of hydrogen-bond acceptors (Lipinski definition) is 5. The average Bonchev–Trinajstić information content (AvgIpc) is 2.70. The molecule has 0 saturated carbocycles. The summed E-state index contributed by atoms with van der Waals surface area (Å²) in [5.41, 5.74) is 2.52. The topological polar surface area (TPSA) is 84.4 Å². The van der Waals surface area contributed by atoms with Gasteiger partial charge in [0.15, 0.2) is 6.61 Å². The molecule has 142 valence electrons. The Morgan fingerprint density at radius 3 is 2.70 bits per heavy atom. The van der Waals surface area contributed by atoms with Crippen LogP contribution in [0.4, 0.5) is 0 Å². The smallest absolute Gasteiger partial charge is 0.274 e. The quantitative estimate of drug-likeness (QED) is 0.871. The number of ether oxygens (including phenoxy) is 1. The van der Waals surface area contributed by atoms with E-state index >= 15 is 0 Å². The summed E-state index contributed by atoms with van der Waals surface area (Å²) in [6.45, 7) is 5.14. The van der Waals surface area contributed by atoms with Gasteiger partial charge in [0, 0.05) is 31.5 Å². The summed E-state index contributed by atoms with van der Waals surface area (Å²) in [7, 11) is 0. The van der Waals surface area contributed by atoms with E-state index in [2.05, 4.69) is 15.3 Å². The molecule has 27 heavy (non-hydrogen) atoms. The second kappa shape index (κ2) is 8.62. The van der Waals surface area contributed by atoms with E-state index in [1.165, 1.54) is 12.4 Å². The highest BCUT2D eigenvalue weighted by atomic mass is 16.5. The molecule has 0 aliphatic carbocycles. The maximum Gasteiger partial charge on any atom is 0.274 e. The summed E-state index contributed by atoms with van der Waals surface area (Å²) in [5, 5.41) is 2.99. The summed E-state index contributed by atoms with van der Waals surface area (Å²) < 4.78 is 5.65. The van der Waals surface area contributed by atoms with Crippen LogP contribution in [-0.2, 0) is 4.79 Å². The molecule has 2 aromatic rings. The number of benzene rings is 1. The van der Waals surface area contributed by atoms with Crippen LogP contribution in [-0.4, -0.2) is 52.4 Å². The van der Waals surface area contributed by atoms with E-state index in [1.807, 2.05) is 32.0 Å². The second-order valence-electron chi connectivity index (χ2n) is 6.71. The Hall–Kier alpha value is -2.96. The first kappa shape index (κ1) is 18.8. The Morgan fingerprint density at radius 1 is 1.22 bits per heavy atom. The summed E-state index contributed by atoms with van der Waals surface area (Å²) in [6.07, 6.45) is 5.94. The summed E-state index contributed by atoms with van der Waals surface area (Å²) in [4.78, 5) is 34.3. The highest BCUT2D eigenvalue weighted by Crippen LogP contribution is 2.20. The highest BCUT2D eigenvalue weighted by Gasteiger charge is 2.25. The fourth-order valence-electron chi connectivity index (χ4n) is 3.09. The van der Waals surface area contributed by atoms with Gasteiger partial charge in [-0.05, 0) is 43.9 Å². The minimum Gasteiger partial charge on any atom is -0.483 e. The fraction of sp³-hybridized carbons (Fsp3) is 0.400. The number of hydrogen-bond donors (Lipinski definition) is 1. The van der Waals surface area contributed by atoms with Gasteiger partial charge in [0.1, 0.15) is 11.4 Å². The SMILES string of the molecule is Cc1cccc(OCC(=O)NC2CCN(C(=O)c3cnccn3)CC2)c1C. The molecule has 0 bridgehead atoms. The lowest BCUT2D eigenvalue weighted by Gasteiger charge is -2.32. The van der Waals surface area contributed by atoms with Gasteiger partial charge in [-0.15, -0.1) is 0 Å². The Morgan fingerprint density at radius 2 is 2.00 bits per heavy atom. The van der Waals surface area contributed by atoms with Crippen LogP contribution >= 0.6 is 0 Å². The molecule has 7 nitrogen and oxygen atoms in total. The lowest BCUT2D eigenvalue weighted by molar-refractivity contribution is -0.124. The summed E-state index contributed by atoms with van der Waals surface area (Å²) >= 11 is 0. The minimum atomic E-state index is -0.144. The second-order valence-corrected chi connectivity index (χ2v) is 6.71. The summed E-state index contributed by atoms with van der Waals surface area (Å²) in [5.74, 6) is 0.468. The molecule has 1 aromatic carbocycles. The Kier molecular flexibility index (Phi) is 6.01. The molecule has 1 aliphatic heterocycles. The molecule has 0 unspecified atom stereocenters. The molecule has 0 spiro atoms. The average molecular weight is 368 g/mol. The van der Waals surface area contributed by atoms with Crippen molar-refractivity contribution in [3.05, 3.63) is 53.6 Å². The molecule has 1 fully saturated rings. The van der Waals surface area contributed by atoms with Crippen molar-refractivity contribution in [2.75, 3.05) is 19.7 Å². The van der Waals surface area contributed by atoms with Gasteiger partial charge in [-0.25, -0.2) is 4.98 Å². The van der Waals surface area contributed by atoms with Crippen molar-refractivity contribution in [2.45, 2.75) is 32.7 Å². The third kappa shape index (κ3) is 4.81. The zero-order valence-electron chi connectivity index (χ0n) is 15.6. The lowest BCUT2D eigenvalue weighted by Crippen LogP contribution is -2.47. The van der Waals surface area contributed by atoms with Crippen molar-refractivity contribution < 1.29 is 14.3 Å². The molecule has 0 atom stereocenters. The molecule has 3 rings (SSSR count). The number of aryl methyl sites for hydroxylation is 1. The number of nitrogens with one attached hydrogen (secondary N) is 1. The van der Waals surface area contributed by atoms with E-state index in [4.69, 9.17) is 4.74 Å². The summed E-state index contributed by atoms with van der Waals surface area (Å²) in [6, 6.07) is 5.84. The maximum absolute atomic E-state index is 12.4. The van der Waals surface area contributed by atoms with Crippen LogP contribution in [0.15, 0.2) is 36.8 Å². The molecule has 2 amide bonds. The third-order valence-corrected chi connectivity index (χ3v) is 4.84. The normalized spacial score (nSPS) is 14.7. The van der Waals surface area contributed by atoms with Crippen LogP contribution in [0.2, 0.25) is 0 Å². The van der Waals surface area contributed by atoms with E-state index in [9.17, 15) is 9.59 Å². The van der Waals surface area contributed by atoms with Crippen molar-refractivity contribution >= 4 is 11.8 Å². The van der Waals surface area contributed by atoms with Crippen molar-refractivity contribution in [1.29, 1.82) is 0 Å². The molecule has 1 aliphatic rings. The Balaban J connectivity index is 1.44. The molecular formula is C20H24N4O3. The highest BCUT2D eigenvalue weighted by molar-refractivity contribution is 5.92. The minimum absolute atomic E-state index is 0.0109. The van der Waals surface area contributed by atoms with E-state index in [0.29, 0.717) is 31.6 Å². The van der Waals surface area contributed by atoms with Crippen molar-refractivity contribution in [3.63, 3.8) is 0 Å². The van der Waals surface area contributed by atoms with Gasteiger partial charge in [0.05, 0.1) is 6.20 Å². The van der Waals surface area contributed by atoms with Gasteiger partial charge in [-0.2, -0.15) is 0 Å². The monoisotopic (exact) mass is 368 g/mol. The zero-order chi connectivity index (χ0) is 19.2. The van der Waals surface area contributed by atoms with E-state index in [0.717, 1.165) is 16.9 Å². The van der Waals surface area contributed by atoms with Crippen LogP contribution in [0.3, 0.4) is 0 Å². The number of carbonyl (C=O) groups is 2. The number of nitrogens with zero attached hydrogens (tertiary/aromatic N) is 3. The molecule has 7 heteroatoms. The molecular weight excluding hydrogens is 344 g/mol. The van der Waals surface area contributed by atoms with Gasteiger partial charge >= 0.3 is 0 Å². The Labute approximate surface area is 158 Å². The Bertz CT molecular complexity index is 802. The van der Waals surface area contributed by atoms with Crippen LogP contribution in [0.1, 0.15) is 34.5 Å². The van der Waals surface area contributed by atoms with Crippen LogP contribution < -0.4 is 10.1 Å². The van der Waals surface area contributed by atoms with Crippen molar-refractivity contribution in [1.82, 2.24) is 20.2 Å². The molecule has 2 heterocycles. The molecule has 1 aromatic heterocycles. The predicted molar refractivity (Wildman–Crippen MR) is 101 cm³/mol. The zero-order valence-corrected chi connectivity index (χ0v) is 15.6. The van der Waals surface area contributed by atoms with Gasteiger partial charge in [-0.3, -0.25) is 14.6 Å². The molecule has 1 saturated heterocycles. The fourth-order valence-corrected chi connectivity index (χ4v) is 3.09.